The van der Waals surface area contributed by atoms with Gasteiger partial charge in [0.05, 0.1) is 5.56 Å². The SMILES string of the molecule is Cc1ccc(O)c(/C=N/c2sc3c(c2C#N)CCCC3)c1. The Kier molecular flexibility index (Phi) is 3.76. The van der Waals surface area contributed by atoms with E-state index in [0.29, 0.717) is 5.56 Å². The van der Waals surface area contributed by atoms with E-state index in [-0.39, 0.29) is 5.75 Å². The molecule has 2 aromatic rings. The summed E-state index contributed by atoms with van der Waals surface area (Å²) in [7, 11) is 0. The number of nitrogens with zero attached hydrogens (tertiary/aromatic N) is 2. The first-order valence-electron chi connectivity index (χ1n) is 7.07. The molecular weight excluding hydrogens is 280 g/mol. The van der Waals surface area contributed by atoms with Crippen molar-refractivity contribution in [1.29, 1.82) is 5.26 Å². The summed E-state index contributed by atoms with van der Waals surface area (Å²) in [4.78, 5) is 5.77. The number of hydrogen-bond acceptors (Lipinski definition) is 4. The fourth-order valence-corrected chi connectivity index (χ4v) is 3.85. The smallest absolute Gasteiger partial charge is 0.134 e. The van der Waals surface area contributed by atoms with Crippen LogP contribution in [-0.2, 0) is 12.8 Å². The van der Waals surface area contributed by atoms with Crippen LogP contribution in [0.5, 0.6) is 5.75 Å². The molecular formula is C17H16N2OS. The van der Waals surface area contributed by atoms with Crippen molar-refractivity contribution in [1.82, 2.24) is 0 Å². The molecule has 0 radical (unpaired) electrons. The van der Waals surface area contributed by atoms with Gasteiger partial charge in [-0.1, -0.05) is 11.6 Å². The molecule has 0 unspecified atom stereocenters. The van der Waals surface area contributed by atoms with Crippen LogP contribution in [0.4, 0.5) is 5.00 Å². The van der Waals surface area contributed by atoms with E-state index in [4.69, 9.17) is 0 Å². The van der Waals surface area contributed by atoms with Gasteiger partial charge in [-0.25, -0.2) is 4.99 Å². The first-order valence-corrected chi connectivity index (χ1v) is 7.89. The third-order valence-electron chi connectivity index (χ3n) is 3.77. The number of phenols is 1. The van der Waals surface area contributed by atoms with E-state index < -0.39 is 0 Å². The highest BCUT2D eigenvalue weighted by molar-refractivity contribution is 7.16. The van der Waals surface area contributed by atoms with Gasteiger partial charge >= 0.3 is 0 Å². The maximum absolute atomic E-state index is 9.85. The van der Waals surface area contributed by atoms with Crippen LogP contribution in [0.25, 0.3) is 0 Å². The van der Waals surface area contributed by atoms with Crippen molar-refractivity contribution in [3.63, 3.8) is 0 Å². The highest BCUT2D eigenvalue weighted by Gasteiger charge is 2.20. The summed E-state index contributed by atoms with van der Waals surface area (Å²) in [5.41, 5.74) is 3.66. The number of phenolic OH excluding ortho intramolecular Hbond substituents is 1. The van der Waals surface area contributed by atoms with Gasteiger partial charge in [0.2, 0.25) is 0 Å². The Morgan fingerprint density at radius 2 is 2.14 bits per heavy atom. The molecule has 3 nitrogen and oxygen atoms in total. The number of hydrogen-bond donors (Lipinski definition) is 1. The predicted octanol–water partition coefficient (Wildman–Crippen LogP) is 4.26. The van der Waals surface area contributed by atoms with Crippen molar-refractivity contribution < 1.29 is 5.11 Å². The van der Waals surface area contributed by atoms with Gasteiger partial charge in [-0.05, 0) is 50.3 Å². The lowest BCUT2D eigenvalue weighted by molar-refractivity contribution is 0.474. The predicted molar refractivity (Wildman–Crippen MR) is 85.8 cm³/mol. The molecule has 1 aromatic heterocycles. The Morgan fingerprint density at radius 3 is 2.95 bits per heavy atom. The van der Waals surface area contributed by atoms with Crippen molar-refractivity contribution in [2.24, 2.45) is 4.99 Å². The van der Waals surface area contributed by atoms with Crippen LogP contribution in [0.15, 0.2) is 23.2 Å². The summed E-state index contributed by atoms with van der Waals surface area (Å²) in [6, 6.07) is 7.71. The lowest BCUT2D eigenvalue weighted by Crippen LogP contribution is -1.99. The second-order valence-electron chi connectivity index (χ2n) is 5.32. The van der Waals surface area contributed by atoms with Crippen molar-refractivity contribution in [3.8, 4) is 11.8 Å². The number of benzene rings is 1. The van der Waals surface area contributed by atoms with Gasteiger partial charge in [-0.2, -0.15) is 5.26 Å². The molecule has 0 bridgehead atoms. The van der Waals surface area contributed by atoms with Gasteiger partial charge in [0, 0.05) is 16.7 Å². The summed E-state index contributed by atoms with van der Waals surface area (Å²) >= 11 is 1.61. The number of aryl methyl sites for hydroxylation is 2. The second kappa shape index (κ2) is 5.71. The molecule has 3 rings (SSSR count). The topological polar surface area (TPSA) is 56.4 Å². The summed E-state index contributed by atoms with van der Waals surface area (Å²) in [6.45, 7) is 1.97. The van der Waals surface area contributed by atoms with Gasteiger partial charge < -0.3 is 5.11 Å². The van der Waals surface area contributed by atoms with Crippen molar-refractivity contribution in [3.05, 3.63) is 45.3 Å². The highest BCUT2D eigenvalue weighted by atomic mass is 32.1. The molecule has 1 aromatic carbocycles. The van der Waals surface area contributed by atoms with Gasteiger partial charge in [0.1, 0.15) is 16.8 Å². The fraction of sp³-hybridized carbons (Fsp3) is 0.294. The third kappa shape index (κ3) is 2.70. The zero-order valence-electron chi connectivity index (χ0n) is 11.9. The minimum absolute atomic E-state index is 0.212. The van der Waals surface area contributed by atoms with E-state index in [9.17, 15) is 10.4 Å². The molecule has 1 N–H and O–H groups in total. The Hall–Kier alpha value is -2.12. The molecule has 0 fully saturated rings. The van der Waals surface area contributed by atoms with Gasteiger partial charge in [0.25, 0.3) is 0 Å². The minimum Gasteiger partial charge on any atom is -0.507 e. The van der Waals surface area contributed by atoms with Crippen LogP contribution >= 0.6 is 11.3 Å². The average molecular weight is 296 g/mol. The van der Waals surface area contributed by atoms with Crippen molar-refractivity contribution in [2.75, 3.05) is 0 Å². The van der Waals surface area contributed by atoms with Gasteiger partial charge in [-0.3, -0.25) is 0 Å². The summed E-state index contributed by atoms with van der Waals surface area (Å²) < 4.78 is 0. The zero-order valence-corrected chi connectivity index (χ0v) is 12.7. The largest absolute Gasteiger partial charge is 0.507 e. The standard InChI is InChI=1S/C17H16N2OS/c1-11-6-7-15(20)12(8-11)10-19-17-14(9-18)13-4-2-3-5-16(13)21-17/h6-8,10,20H,2-5H2,1H3/b19-10+. The molecule has 1 aliphatic carbocycles. The van der Waals surface area contributed by atoms with Crippen LogP contribution in [0.3, 0.4) is 0 Å². The number of aromatic hydroxyl groups is 1. The van der Waals surface area contributed by atoms with E-state index in [1.807, 2.05) is 19.1 Å². The Balaban J connectivity index is 1.98. The van der Waals surface area contributed by atoms with Gasteiger partial charge in [0.15, 0.2) is 0 Å². The maximum Gasteiger partial charge on any atom is 0.134 e. The monoisotopic (exact) mass is 296 g/mol. The lowest BCUT2D eigenvalue weighted by atomic mass is 9.96. The first kappa shape index (κ1) is 13.8. The highest BCUT2D eigenvalue weighted by Crippen LogP contribution is 2.39. The van der Waals surface area contributed by atoms with E-state index >= 15 is 0 Å². The van der Waals surface area contributed by atoms with Crippen LogP contribution in [-0.4, -0.2) is 11.3 Å². The van der Waals surface area contributed by atoms with E-state index in [1.165, 1.54) is 16.9 Å². The molecule has 0 aliphatic heterocycles. The molecule has 21 heavy (non-hydrogen) atoms. The van der Waals surface area contributed by atoms with E-state index in [0.717, 1.165) is 35.4 Å². The Labute approximate surface area is 128 Å². The summed E-state index contributed by atoms with van der Waals surface area (Å²) in [5, 5.41) is 20.0. The molecule has 1 aliphatic rings. The third-order valence-corrected chi connectivity index (χ3v) is 4.97. The zero-order chi connectivity index (χ0) is 14.8. The number of aliphatic imine (C=N–C) groups is 1. The average Bonchev–Trinajstić information content (AvgIpc) is 2.85. The van der Waals surface area contributed by atoms with Crippen molar-refractivity contribution >= 4 is 22.6 Å². The molecule has 106 valence electrons. The van der Waals surface area contributed by atoms with Crippen molar-refractivity contribution in [2.45, 2.75) is 32.6 Å². The molecule has 1 heterocycles. The van der Waals surface area contributed by atoms with E-state index in [2.05, 4.69) is 11.1 Å². The minimum atomic E-state index is 0.212. The fourth-order valence-electron chi connectivity index (χ4n) is 2.66. The van der Waals surface area contributed by atoms with Crippen LogP contribution < -0.4 is 0 Å². The number of nitriles is 1. The number of thiophene rings is 1. The van der Waals surface area contributed by atoms with E-state index in [1.54, 1.807) is 23.6 Å². The second-order valence-corrected chi connectivity index (χ2v) is 6.41. The molecule has 0 saturated carbocycles. The molecule has 0 amide bonds. The maximum atomic E-state index is 9.85. The lowest BCUT2D eigenvalue weighted by Gasteiger charge is -2.09. The summed E-state index contributed by atoms with van der Waals surface area (Å²) in [5.74, 6) is 0.212. The summed E-state index contributed by atoms with van der Waals surface area (Å²) in [6.07, 6.45) is 6.04. The molecule has 0 saturated heterocycles. The van der Waals surface area contributed by atoms with Crippen LogP contribution in [0.1, 0.15) is 40.0 Å². The Bertz CT molecular complexity index is 753. The van der Waals surface area contributed by atoms with Gasteiger partial charge in [-0.15, -0.1) is 11.3 Å². The number of fused-ring (bicyclic) bond motifs is 1. The van der Waals surface area contributed by atoms with Crippen LogP contribution in [0.2, 0.25) is 0 Å². The molecule has 0 spiro atoms. The normalized spacial score (nSPS) is 14.1. The van der Waals surface area contributed by atoms with Crippen LogP contribution in [0, 0.1) is 18.3 Å². The number of rotatable bonds is 2. The molecule has 0 atom stereocenters. The quantitative estimate of drug-likeness (QED) is 0.842. The Morgan fingerprint density at radius 1 is 1.33 bits per heavy atom. The first-order chi connectivity index (χ1) is 10.2. The molecule has 4 heteroatoms.